The summed E-state index contributed by atoms with van der Waals surface area (Å²) in [5.74, 6) is -0.771. The molecule has 1 aromatic rings. The maximum absolute atomic E-state index is 12.5. The molecule has 0 radical (unpaired) electrons. The number of nitrogens with zero attached hydrogens (tertiary/aromatic N) is 1. The summed E-state index contributed by atoms with van der Waals surface area (Å²) in [6.07, 6.45) is -0.885. The first-order valence-electron chi connectivity index (χ1n) is 8.63. The summed E-state index contributed by atoms with van der Waals surface area (Å²) in [6.45, 7) is 7.16. The number of rotatable bonds is 4. The zero-order valence-electron chi connectivity index (χ0n) is 15.3. The van der Waals surface area contributed by atoms with Crippen LogP contribution < -0.4 is 0 Å². The molecule has 1 aliphatic rings. The smallest absolute Gasteiger partial charge is 0.413 e. The first-order valence-corrected chi connectivity index (χ1v) is 8.63. The highest BCUT2D eigenvalue weighted by atomic mass is 16.6. The molecule has 138 valence electrons. The quantitative estimate of drug-likeness (QED) is 0.846. The Morgan fingerprint density at radius 2 is 1.88 bits per heavy atom. The number of aliphatic hydroxyl groups is 1. The lowest BCUT2D eigenvalue weighted by Gasteiger charge is -2.30. The highest BCUT2D eigenvalue weighted by Crippen LogP contribution is 2.33. The fourth-order valence-corrected chi connectivity index (χ4v) is 3.04. The minimum absolute atomic E-state index is 0.219. The highest BCUT2D eigenvalue weighted by molar-refractivity contribution is 5.82. The Balaban J connectivity index is 2.20. The van der Waals surface area contributed by atoms with E-state index in [1.54, 1.807) is 27.7 Å². The number of carbonyl (C=O) groups is 2. The van der Waals surface area contributed by atoms with E-state index in [-0.39, 0.29) is 12.5 Å². The fourth-order valence-electron chi connectivity index (χ4n) is 3.04. The molecule has 1 saturated heterocycles. The lowest BCUT2D eigenvalue weighted by Crippen LogP contribution is -2.48. The van der Waals surface area contributed by atoms with Gasteiger partial charge >= 0.3 is 12.1 Å². The van der Waals surface area contributed by atoms with Gasteiger partial charge in [-0.05, 0) is 46.1 Å². The Morgan fingerprint density at radius 1 is 1.24 bits per heavy atom. The van der Waals surface area contributed by atoms with Crippen LogP contribution in [0.5, 0.6) is 0 Å². The first-order chi connectivity index (χ1) is 11.7. The Bertz CT molecular complexity index is 596. The maximum Gasteiger partial charge on any atom is 0.413 e. The van der Waals surface area contributed by atoms with Gasteiger partial charge < -0.3 is 14.6 Å². The summed E-state index contributed by atoms with van der Waals surface area (Å²) in [5, 5.41) is 10.7. The minimum Gasteiger partial charge on any atom is -0.464 e. The molecule has 1 fully saturated rings. The second-order valence-electron chi connectivity index (χ2n) is 7.25. The molecule has 0 saturated carbocycles. The average Bonchev–Trinajstić information content (AvgIpc) is 2.84. The molecule has 25 heavy (non-hydrogen) atoms. The Morgan fingerprint density at radius 3 is 2.44 bits per heavy atom. The van der Waals surface area contributed by atoms with Crippen LogP contribution in [0.2, 0.25) is 0 Å². The van der Waals surface area contributed by atoms with Crippen LogP contribution in [0.3, 0.4) is 0 Å². The van der Waals surface area contributed by atoms with Gasteiger partial charge in [-0.15, -0.1) is 0 Å². The average molecular weight is 349 g/mol. The summed E-state index contributed by atoms with van der Waals surface area (Å²) < 4.78 is 10.5. The van der Waals surface area contributed by atoms with Crippen LogP contribution in [-0.2, 0) is 20.7 Å². The number of amides is 1. The van der Waals surface area contributed by atoms with Crippen molar-refractivity contribution in [3.05, 3.63) is 35.9 Å². The Labute approximate surface area is 148 Å². The number of likely N-dealkylation sites (tertiary alicyclic amines) is 1. The van der Waals surface area contributed by atoms with Crippen LogP contribution >= 0.6 is 0 Å². The Kier molecular flexibility index (Phi) is 6.06. The summed E-state index contributed by atoms with van der Waals surface area (Å²) in [7, 11) is 0. The van der Waals surface area contributed by atoms with Crippen molar-refractivity contribution >= 4 is 12.1 Å². The van der Waals surface area contributed by atoms with Crippen molar-refractivity contribution in [3.8, 4) is 0 Å². The summed E-state index contributed by atoms with van der Waals surface area (Å²) in [5.41, 5.74) is 0.327. The van der Waals surface area contributed by atoms with Gasteiger partial charge in [0.15, 0.2) is 0 Å². The number of esters is 1. The predicted molar refractivity (Wildman–Crippen MR) is 92.8 cm³/mol. The zero-order valence-corrected chi connectivity index (χ0v) is 15.3. The van der Waals surface area contributed by atoms with Gasteiger partial charge in [-0.2, -0.15) is 0 Å². The lowest BCUT2D eigenvalue weighted by molar-refractivity contribution is -0.150. The third-order valence-corrected chi connectivity index (χ3v) is 4.07. The molecule has 0 bridgehead atoms. The van der Waals surface area contributed by atoms with Crippen LogP contribution in [0.25, 0.3) is 0 Å². The topological polar surface area (TPSA) is 76.1 Å². The molecular formula is C19H27NO5. The molecule has 2 rings (SSSR count). The molecule has 0 aromatic heterocycles. The molecule has 1 unspecified atom stereocenters. The van der Waals surface area contributed by atoms with Gasteiger partial charge in [0.2, 0.25) is 0 Å². The highest BCUT2D eigenvalue weighted by Gasteiger charge is 2.48. The fraction of sp³-hybridized carbons (Fsp3) is 0.579. The van der Waals surface area contributed by atoms with Crippen molar-refractivity contribution in [1.82, 2.24) is 4.90 Å². The summed E-state index contributed by atoms with van der Waals surface area (Å²) >= 11 is 0. The van der Waals surface area contributed by atoms with Crippen LogP contribution in [0.1, 0.15) is 39.7 Å². The van der Waals surface area contributed by atoms with Gasteiger partial charge in [0.25, 0.3) is 0 Å². The van der Waals surface area contributed by atoms with Crippen molar-refractivity contribution in [3.63, 3.8) is 0 Å². The second kappa shape index (κ2) is 7.87. The van der Waals surface area contributed by atoms with E-state index in [4.69, 9.17) is 9.47 Å². The normalized spacial score (nSPS) is 23.4. The minimum atomic E-state index is -1.09. The van der Waals surface area contributed by atoms with Gasteiger partial charge in [0, 0.05) is 5.92 Å². The van der Waals surface area contributed by atoms with Gasteiger partial charge in [-0.1, -0.05) is 30.3 Å². The molecule has 1 amide bonds. The number of benzene rings is 1. The number of ether oxygens (including phenoxy) is 2. The predicted octanol–water partition coefficient (Wildman–Crippen LogP) is 2.74. The van der Waals surface area contributed by atoms with Crippen molar-refractivity contribution in [1.29, 1.82) is 0 Å². The third-order valence-electron chi connectivity index (χ3n) is 4.07. The van der Waals surface area contributed by atoms with Gasteiger partial charge in [-0.25, -0.2) is 9.59 Å². The van der Waals surface area contributed by atoms with Crippen LogP contribution in [0.15, 0.2) is 30.3 Å². The van der Waals surface area contributed by atoms with Crippen LogP contribution in [0, 0.1) is 5.92 Å². The van der Waals surface area contributed by atoms with E-state index in [2.05, 4.69) is 0 Å². The van der Waals surface area contributed by atoms with Gasteiger partial charge in [-0.3, -0.25) is 4.90 Å². The first kappa shape index (κ1) is 19.2. The SMILES string of the molecule is CCOC(=O)[C@@H]1C[C@@H](Cc2ccccc2)C(O)N1C(=O)OC(C)(C)C. The van der Waals surface area contributed by atoms with Crippen LogP contribution in [-0.4, -0.2) is 46.5 Å². The molecule has 1 heterocycles. The monoisotopic (exact) mass is 349 g/mol. The third kappa shape index (κ3) is 4.95. The number of aliphatic hydroxyl groups excluding tert-OH is 1. The standard InChI is InChI=1S/C19H27NO5/c1-5-24-17(22)15-12-14(11-13-9-7-6-8-10-13)16(21)20(15)18(23)25-19(2,3)4/h6-10,14-16,21H,5,11-12H2,1-4H3/t14-,15+,16?/m1/s1. The zero-order chi connectivity index (χ0) is 18.6. The van der Waals surface area contributed by atoms with Crippen molar-refractivity contribution in [2.75, 3.05) is 6.61 Å². The van der Waals surface area contributed by atoms with E-state index >= 15 is 0 Å². The van der Waals surface area contributed by atoms with Crippen molar-refractivity contribution in [2.45, 2.75) is 58.4 Å². The number of hydrogen-bond donors (Lipinski definition) is 1. The lowest BCUT2D eigenvalue weighted by atomic mass is 9.95. The largest absolute Gasteiger partial charge is 0.464 e. The molecule has 1 N–H and O–H groups in total. The van der Waals surface area contributed by atoms with Crippen molar-refractivity contribution in [2.24, 2.45) is 5.92 Å². The van der Waals surface area contributed by atoms with Crippen LogP contribution in [0.4, 0.5) is 4.79 Å². The van der Waals surface area contributed by atoms with E-state index in [1.807, 2.05) is 30.3 Å². The molecular weight excluding hydrogens is 322 g/mol. The second-order valence-corrected chi connectivity index (χ2v) is 7.25. The van der Waals surface area contributed by atoms with Gasteiger partial charge in [0.1, 0.15) is 17.9 Å². The number of hydrogen-bond acceptors (Lipinski definition) is 5. The van der Waals surface area contributed by atoms with E-state index in [9.17, 15) is 14.7 Å². The molecule has 1 aromatic carbocycles. The molecule has 3 atom stereocenters. The summed E-state index contributed by atoms with van der Waals surface area (Å²) in [4.78, 5) is 25.9. The van der Waals surface area contributed by atoms with E-state index in [0.29, 0.717) is 12.8 Å². The number of carbonyl (C=O) groups excluding carboxylic acids is 2. The molecule has 6 nitrogen and oxygen atoms in total. The molecule has 6 heteroatoms. The van der Waals surface area contributed by atoms with E-state index < -0.39 is 29.9 Å². The van der Waals surface area contributed by atoms with E-state index in [1.165, 1.54) is 0 Å². The molecule has 0 spiro atoms. The van der Waals surface area contributed by atoms with E-state index in [0.717, 1.165) is 10.5 Å². The summed E-state index contributed by atoms with van der Waals surface area (Å²) in [6, 6.07) is 8.85. The van der Waals surface area contributed by atoms with Crippen molar-refractivity contribution < 1.29 is 24.2 Å². The van der Waals surface area contributed by atoms with Gasteiger partial charge in [0.05, 0.1) is 6.61 Å². The molecule has 0 aliphatic carbocycles. The maximum atomic E-state index is 12.5. The Hall–Kier alpha value is -2.08. The molecule has 1 aliphatic heterocycles.